The molecule has 0 fully saturated rings. The number of para-hydroxylation sites is 1. The minimum absolute atomic E-state index is 0.373. The lowest BCUT2D eigenvalue weighted by atomic mass is 9.93. The van der Waals surface area contributed by atoms with Crippen LogP contribution in [0.5, 0.6) is 5.75 Å². The molecule has 2 rings (SSSR count). The fourth-order valence-corrected chi connectivity index (χ4v) is 2.24. The van der Waals surface area contributed by atoms with E-state index in [1.54, 1.807) is 36.4 Å². The molecule has 2 aromatic carbocycles. The fourth-order valence-electron chi connectivity index (χ4n) is 2.24. The van der Waals surface area contributed by atoms with Crippen LogP contribution in [0.3, 0.4) is 0 Å². The van der Waals surface area contributed by atoms with Crippen molar-refractivity contribution in [3.8, 4) is 29.4 Å². The Labute approximate surface area is 150 Å². The maximum absolute atomic E-state index is 12.7. The molecule has 0 radical (unpaired) electrons. The first kappa shape index (κ1) is 19.1. The Morgan fingerprint density at radius 3 is 2.35 bits per heavy atom. The van der Waals surface area contributed by atoms with Gasteiger partial charge in [-0.2, -0.15) is 13.2 Å². The van der Waals surface area contributed by atoms with E-state index in [4.69, 9.17) is 4.74 Å². The quantitative estimate of drug-likeness (QED) is 0.761. The highest BCUT2D eigenvalue weighted by molar-refractivity contribution is 5.85. The maximum atomic E-state index is 12.7. The number of hydrogen-bond donors (Lipinski definition) is 0. The summed E-state index contributed by atoms with van der Waals surface area (Å²) >= 11 is 0. The monoisotopic (exact) mass is 356 g/mol. The van der Waals surface area contributed by atoms with Crippen LogP contribution in [0.2, 0.25) is 0 Å². The second-order valence-electron chi connectivity index (χ2n) is 5.30. The summed E-state index contributed by atoms with van der Waals surface area (Å²) in [6.45, 7) is 0. The third-order valence-electron chi connectivity index (χ3n) is 3.51. The summed E-state index contributed by atoms with van der Waals surface area (Å²) in [5.74, 6) is 8.19. The van der Waals surface area contributed by atoms with Gasteiger partial charge in [0.15, 0.2) is 0 Å². The molecule has 2 nitrogen and oxygen atoms in total. The third-order valence-corrected chi connectivity index (χ3v) is 3.51. The van der Waals surface area contributed by atoms with Gasteiger partial charge in [-0.05, 0) is 30.0 Å². The molecule has 26 heavy (non-hydrogen) atoms. The average molecular weight is 356 g/mol. The Balaban J connectivity index is 2.31. The Kier molecular flexibility index (Phi) is 6.47. The SMILES string of the molecule is COc1ccccc1C(C#CC#Cc1ccccc1)CC(=O)C(F)(F)F. The molecule has 132 valence electrons. The first-order chi connectivity index (χ1) is 12.4. The van der Waals surface area contributed by atoms with E-state index in [0.29, 0.717) is 11.3 Å². The maximum Gasteiger partial charge on any atom is 0.450 e. The van der Waals surface area contributed by atoms with Gasteiger partial charge in [0.1, 0.15) is 5.75 Å². The zero-order valence-electron chi connectivity index (χ0n) is 13.9. The van der Waals surface area contributed by atoms with Gasteiger partial charge in [0.05, 0.1) is 13.0 Å². The molecular formula is C21H15F3O2. The second-order valence-corrected chi connectivity index (χ2v) is 5.30. The van der Waals surface area contributed by atoms with Gasteiger partial charge in [-0.25, -0.2) is 0 Å². The van der Waals surface area contributed by atoms with Gasteiger partial charge in [-0.1, -0.05) is 48.2 Å². The minimum Gasteiger partial charge on any atom is -0.496 e. The molecule has 0 saturated heterocycles. The van der Waals surface area contributed by atoms with Crippen molar-refractivity contribution in [2.45, 2.75) is 18.5 Å². The number of alkyl halides is 3. The largest absolute Gasteiger partial charge is 0.496 e. The number of rotatable bonds is 4. The zero-order valence-corrected chi connectivity index (χ0v) is 13.9. The Hall–Kier alpha value is -3.18. The van der Waals surface area contributed by atoms with Crippen LogP contribution < -0.4 is 4.74 Å². The van der Waals surface area contributed by atoms with Crippen molar-refractivity contribution in [1.82, 2.24) is 0 Å². The summed E-state index contributed by atoms with van der Waals surface area (Å²) in [5, 5.41) is 0. The van der Waals surface area contributed by atoms with Crippen molar-refractivity contribution in [3.05, 3.63) is 65.7 Å². The highest BCUT2D eigenvalue weighted by Crippen LogP contribution is 2.31. The number of benzene rings is 2. The van der Waals surface area contributed by atoms with E-state index in [9.17, 15) is 18.0 Å². The number of carbonyl (C=O) groups is 1. The van der Waals surface area contributed by atoms with Gasteiger partial charge in [-0.15, -0.1) is 0 Å². The first-order valence-electron chi connectivity index (χ1n) is 7.71. The van der Waals surface area contributed by atoms with Gasteiger partial charge < -0.3 is 4.74 Å². The Morgan fingerprint density at radius 2 is 1.69 bits per heavy atom. The van der Waals surface area contributed by atoms with Crippen LogP contribution in [0.1, 0.15) is 23.5 Å². The van der Waals surface area contributed by atoms with E-state index in [1.165, 1.54) is 7.11 Å². The number of ketones is 1. The van der Waals surface area contributed by atoms with Crippen molar-refractivity contribution < 1.29 is 22.7 Å². The van der Waals surface area contributed by atoms with Crippen LogP contribution in [0.15, 0.2) is 54.6 Å². The Bertz CT molecular complexity index is 878. The molecule has 0 aromatic heterocycles. The minimum atomic E-state index is -4.91. The molecule has 0 bridgehead atoms. The summed E-state index contributed by atoms with van der Waals surface area (Å²) in [7, 11) is 1.41. The number of methoxy groups -OCH3 is 1. The summed E-state index contributed by atoms with van der Waals surface area (Å²) in [5.41, 5.74) is 1.16. The predicted molar refractivity (Wildman–Crippen MR) is 92.5 cm³/mol. The molecule has 1 atom stereocenters. The van der Waals surface area contributed by atoms with Crippen LogP contribution in [0.25, 0.3) is 0 Å². The number of halogens is 3. The van der Waals surface area contributed by atoms with E-state index in [0.717, 1.165) is 5.56 Å². The van der Waals surface area contributed by atoms with Crippen molar-refractivity contribution in [3.63, 3.8) is 0 Å². The van der Waals surface area contributed by atoms with Crippen molar-refractivity contribution >= 4 is 5.78 Å². The number of Topliss-reactive ketones (excluding diaryl/α,β-unsaturated/α-hetero) is 1. The normalized spacial score (nSPS) is 11.4. The number of hydrogen-bond acceptors (Lipinski definition) is 2. The topological polar surface area (TPSA) is 26.3 Å². The van der Waals surface area contributed by atoms with Crippen LogP contribution in [0.4, 0.5) is 13.2 Å². The zero-order chi connectivity index (χ0) is 19.0. The van der Waals surface area contributed by atoms with Crippen molar-refractivity contribution in [2.24, 2.45) is 0 Å². The molecule has 5 heteroatoms. The lowest BCUT2D eigenvalue weighted by Gasteiger charge is -2.15. The molecule has 0 aliphatic rings. The van der Waals surface area contributed by atoms with Gasteiger partial charge in [0, 0.05) is 17.5 Å². The molecule has 2 aromatic rings. The van der Waals surface area contributed by atoms with Gasteiger partial charge in [0.25, 0.3) is 0 Å². The van der Waals surface area contributed by atoms with Crippen LogP contribution in [-0.2, 0) is 4.79 Å². The van der Waals surface area contributed by atoms with Gasteiger partial charge >= 0.3 is 6.18 Å². The average Bonchev–Trinajstić information content (AvgIpc) is 2.64. The molecule has 0 aliphatic carbocycles. The van der Waals surface area contributed by atoms with Crippen LogP contribution in [0, 0.1) is 23.7 Å². The van der Waals surface area contributed by atoms with Crippen molar-refractivity contribution in [2.75, 3.05) is 7.11 Å². The molecule has 0 N–H and O–H groups in total. The molecule has 0 saturated carbocycles. The summed E-state index contributed by atoms with van der Waals surface area (Å²) in [4.78, 5) is 11.4. The molecule has 0 spiro atoms. The van der Waals surface area contributed by atoms with E-state index in [1.807, 2.05) is 18.2 Å². The number of carbonyl (C=O) groups excluding carboxylic acids is 1. The second kappa shape index (κ2) is 8.78. The smallest absolute Gasteiger partial charge is 0.450 e. The molecular weight excluding hydrogens is 341 g/mol. The van der Waals surface area contributed by atoms with E-state index in [2.05, 4.69) is 23.7 Å². The lowest BCUT2D eigenvalue weighted by molar-refractivity contribution is -0.171. The molecule has 0 amide bonds. The Morgan fingerprint density at radius 1 is 1.04 bits per heavy atom. The summed E-state index contributed by atoms with van der Waals surface area (Å²) < 4.78 is 43.2. The van der Waals surface area contributed by atoms with Gasteiger partial charge in [-0.3, -0.25) is 4.79 Å². The highest BCUT2D eigenvalue weighted by atomic mass is 19.4. The number of ether oxygens (including phenoxy) is 1. The van der Waals surface area contributed by atoms with Crippen LogP contribution in [-0.4, -0.2) is 19.1 Å². The fraction of sp³-hybridized carbons (Fsp3) is 0.190. The standard InChI is InChI=1S/C21H15F3O2/c1-26-19-14-8-7-13-18(19)17(15-20(25)21(22,23)24)12-6-5-11-16-9-3-2-4-10-16/h2-4,7-10,13-14,17H,15H2,1H3. The molecule has 1 unspecified atom stereocenters. The van der Waals surface area contributed by atoms with Crippen LogP contribution >= 0.6 is 0 Å². The van der Waals surface area contributed by atoms with Gasteiger partial charge in [0.2, 0.25) is 5.78 Å². The highest BCUT2D eigenvalue weighted by Gasteiger charge is 2.39. The third kappa shape index (κ3) is 5.43. The molecule has 0 aliphatic heterocycles. The van der Waals surface area contributed by atoms with E-state index in [-0.39, 0.29) is 0 Å². The van der Waals surface area contributed by atoms with E-state index >= 15 is 0 Å². The van der Waals surface area contributed by atoms with Crippen molar-refractivity contribution in [1.29, 1.82) is 0 Å². The van der Waals surface area contributed by atoms with E-state index < -0.39 is 24.3 Å². The summed E-state index contributed by atoms with van der Waals surface area (Å²) in [6, 6.07) is 15.6. The lowest BCUT2D eigenvalue weighted by Crippen LogP contribution is -2.24. The first-order valence-corrected chi connectivity index (χ1v) is 7.71. The molecule has 0 heterocycles. The summed E-state index contributed by atoms with van der Waals surface area (Å²) in [6.07, 6.45) is -5.69. The predicted octanol–water partition coefficient (Wildman–Crippen LogP) is 4.36.